The van der Waals surface area contributed by atoms with Gasteiger partial charge in [-0.3, -0.25) is 4.79 Å². The van der Waals surface area contributed by atoms with Gasteiger partial charge in [-0.15, -0.1) is 0 Å². The highest BCUT2D eigenvalue weighted by Gasteiger charge is 2.37. The topological polar surface area (TPSA) is 41.1 Å². The maximum atomic E-state index is 12.2. The van der Waals surface area contributed by atoms with E-state index in [1.54, 1.807) is 0 Å². The molecular formula is C14H26N2O. The van der Waals surface area contributed by atoms with Crippen molar-refractivity contribution >= 4 is 5.91 Å². The fourth-order valence-electron chi connectivity index (χ4n) is 3.26. The first-order valence-corrected chi connectivity index (χ1v) is 7.11. The number of carbonyl (C=O) groups is 1. The lowest BCUT2D eigenvalue weighted by atomic mass is 9.68. The third-order valence-corrected chi connectivity index (χ3v) is 4.51. The summed E-state index contributed by atoms with van der Waals surface area (Å²) in [5.41, 5.74) is 0.186. The van der Waals surface area contributed by atoms with Crippen LogP contribution in [0.2, 0.25) is 0 Å². The Kier molecular flexibility index (Phi) is 4.08. The fraction of sp³-hybridized carbons (Fsp3) is 0.929. The summed E-state index contributed by atoms with van der Waals surface area (Å²) in [4.78, 5) is 12.2. The zero-order valence-corrected chi connectivity index (χ0v) is 11.2. The quantitative estimate of drug-likeness (QED) is 0.790. The largest absolute Gasteiger partial charge is 0.354 e. The van der Waals surface area contributed by atoms with Crippen molar-refractivity contribution in [3.05, 3.63) is 0 Å². The maximum absolute atomic E-state index is 12.2. The van der Waals surface area contributed by atoms with Crippen LogP contribution in [0.15, 0.2) is 0 Å². The smallest absolute Gasteiger partial charge is 0.223 e. The Hall–Kier alpha value is -0.570. The highest BCUT2D eigenvalue weighted by atomic mass is 16.1. The molecule has 98 valence electrons. The summed E-state index contributed by atoms with van der Waals surface area (Å²) >= 11 is 0. The van der Waals surface area contributed by atoms with E-state index >= 15 is 0 Å². The van der Waals surface area contributed by atoms with Gasteiger partial charge in [0.1, 0.15) is 0 Å². The fourth-order valence-corrected chi connectivity index (χ4v) is 3.26. The monoisotopic (exact) mass is 238 g/mol. The van der Waals surface area contributed by atoms with Gasteiger partial charge in [-0.1, -0.05) is 26.7 Å². The van der Waals surface area contributed by atoms with E-state index in [2.05, 4.69) is 24.5 Å². The van der Waals surface area contributed by atoms with Crippen LogP contribution in [0, 0.1) is 11.3 Å². The second-order valence-corrected chi connectivity index (χ2v) is 6.33. The van der Waals surface area contributed by atoms with Crippen LogP contribution in [0.25, 0.3) is 0 Å². The minimum absolute atomic E-state index is 0.186. The van der Waals surface area contributed by atoms with E-state index < -0.39 is 0 Å². The molecule has 3 nitrogen and oxygen atoms in total. The molecule has 1 saturated heterocycles. The van der Waals surface area contributed by atoms with Crippen LogP contribution in [0.4, 0.5) is 0 Å². The average Bonchev–Trinajstić information content (AvgIpc) is 2.78. The molecule has 0 spiro atoms. The molecule has 0 aromatic carbocycles. The molecule has 2 aliphatic rings. The van der Waals surface area contributed by atoms with E-state index in [9.17, 15) is 4.79 Å². The highest BCUT2D eigenvalue weighted by molar-refractivity contribution is 5.79. The second-order valence-electron chi connectivity index (χ2n) is 6.33. The minimum Gasteiger partial charge on any atom is -0.354 e. The van der Waals surface area contributed by atoms with Crippen molar-refractivity contribution < 1.29 is 4.79 Å². The molecule has 2 unspecified atom stereocenters. The summed E-state index contributed by atoms with van der Waals surface area (Å²) in [6, 6.07) is 0.505. The number of hydrogen-bond donors (Lipinski definition) is 2. The van der Waals surface area contributed by atoms with Crippen molar-refractivity contribution in [1.82, 2.24) is 10.6 Å². The Balaban J connectivity index is 1.81. The van der Waals surface area contributed by atoms with Crippen molar-refractivity contribution in [1.29, 1.82) is 0 Å². The number of hydrogen-bond acceptors (Lipinski definition) is 2. The van der Waals surface area contributed by atoms with E-state index in [0.717, 1.165) is 19.5 Å². The Morgan fingerprint density at radius 2 is 2.12 bits per heavy atom. The van der Waals surface area contributed by atoms with Crippen LogP contribution >= 0.6 is 0 Å². The molecule has 1 saturated carbocycles. The molecular weight excluding hydrogens is 212 g/mol. The SMILES string of the molecule is CC1(C)CCCCC1C(=O)NCC1CCCN1. The summed E-state index contributed by atoms with van der Waals surface area (Å²) < 4.78 is 0. The summed E-state index contributed by atoms with van der Waals surface area (Å²) in [6.45, 7) is 6.40. The molecule has 2 N–H and O–H groups in total. The van der Waals surface area contributed by atoms with Gasteiger partial charge in [0.2, 0.25) is 5.91 Å². The van der Waals surface area contributed by atoms with Crippen LogP contribution < -0.4 is 10.6 Å². The van der Waals surface area contributed by atoms with Crippen molar-refractivity contribution in [3.8, 4) is 0 Å². The molecule has 2 atom stereocenters. The lowest BCUT2D eigenvalue weighted by molar-refractivity contribution is -0.130. The molecule has 17 heavy (non-hydrogen) atoms. The van der Waals surface area contributed by atoms with E-state index in [1.165, 1.54) is 32.1 Å². The molecule has 1 heterocycles. The summed E-state index contributed by atoms with van der Waals surface area (Å²) in [5, 5.41) is 6.57. The third kappa shape index (κ3) is 3.21. The molecule has 1 amide bonds. The Bertz CT molecular complexity index is 269. The van der Waals surface area contributed by atoms with Gasteiger partial charge in [0.15, 0.2) is 0 Å². The van der Waals surface area contributed by atoms with Crippen LogP contribution in [0.1, 0.15) is 52.4 Å². The molecule has 1 aliphatic heterocycles. The molecule has 0 bridgehead atoms. The van der Waals surface area contributed by atoms with E-state index in [1.807, 2.05) is 0 Å². The van der Waals surface area contributed by atoms with Gasteiger partial charge in [-0.25, -0.2) is 0 Å². The Labute approximate surface area is 105 Å². The number of nitrogens with one attached hydrogen (secondary N) is 2. The van der Waals surface area contributed by atoms with E-state index in [-0.39, 0.29) is 17.2 Å². The average molecular weight is 238 g/mol. The van der Waals surface area contributed by atoms with Gasteiger partial charge in [0.25, 0.3) is 0 Å². The third-order valence-electron chi connectivity index (χ3n) is 4.51. The normalized spacial score (nSPS) is 32.4. The van der Waals surface area contributed by atoms with Gasteiger partial charge in [-0.2, -0.15) is 0 Å². The van der Waals surface area contributed by atoms with Gasteiger partial charge < -0.3 is 10.6 Å². The van der Waals surface area contributed by atoms with Crippen LogP contribution in [0.5, 0.6) is 0 Å². The zero-order valence-electron chi connectivity index (χ0n) is 11.2. The first-order chi connectivity index (χ1) is 8.09. The molecule has 0 radical (unpaired) electrons. The van der Waals surface area contributed by atoms with Crippen LogP contribution in [-0.2, 0) is 4.79 Å². The van der Waals surface area contributed by atoms with E-state index in [0.29, 0.717) is 6.04 Å². The summed E-state index contributed by atoms with van der Waals surface area (Å²) in [7, 11) is 0. The van der Waals surface area contributed by atoms with Gasteiger partial charge in [-0.05, 0) is 37.6 Å². The second kappa shape index (κ2) is 5.38. The predicted octanol–water partition coefficient (Wildman–Crippen LogP) is 2.07. The summed E-state index contributed by atoms with van der Waals surface area (Å²) in [5.74, 6) is 0.501. The number of carbonyl (C=O) groups excluding carboxylic acids is 1. The number of amides is 1. The van der Waals surface area contributed by atoms with Crippen molar-refractivity contribution in [2.24, 2.45) is 11.3 Å². The molecule has 2 fully saturated rings. The van der Waals surface area contributed by atoms with Crippen molar-refractivity contribution in [2.45, 2.75) is 58.4 Å². The molecule has 0 aromatic heterocycles. The standard InChI is InChI=1S/C14H26N2O/c1-14(2)8-4-3-7-12(14)13(17)16-10-11-6-5-9-15-11/h11-12,15H,3-10H2,1-2H3,(H,16,17). The van der Waals surface area contributed by atoms with Gasteiger partial charge in [0, 0.05) is 18.5 Å². The number of rotatable bonds is 3. The first-order valence-electron chi connectivity index (χ1n) is 7.11. The lowest BCUT2D eigenvalue weighted by Crippen LogP contribution is -2.45. The van der Waals surface area contributed by atoms with E-state index in [4.69, 9.17) is 0 Å². The predicted molar refractivity (Wildman–Crippen MR) is 69.8 cm³/mol. The Morgan fingerprint density at radius 1 is 1.29 bits per heavy atom. The van der Waals surface area contributed by atoms with Gasteiger partial charge in [0.05, 0.1) is 0 Å². The highest BCUT2D eigenvalue weighted by Crippen LogP contribution is 2.40. The van der Waals surface area contributed by atoms with Gasteiger partial charge >= 0.3 is 0 Å². The van der Waals surface area contributed by atoms with Crippen molar-refractivity contribution in [2.75, 3.05) is 13.1 Å². The van der Waals surface area contributed by atoms with Crippen LogP contribution in [0.3, 0.4) is 0 Å². The Morgan fingerprint density at radius 3 is 2.76 bits per heavy atom. The molecule has 0 aromatic rings. The summed E-state index contributed by atoms with van der Waals surface area (Å²) in [6.07, 6.45) is 7.19. The molecule has 3 heteroatoms. The first kappa shape index (κ1) is 12.9. The van der Waals surface area contributed by atoms with Crippen molar-refractivity contribution in [3.63, 3.8) is 0 Å². The van der Waals surface area contributed by atoms with Crippen LogP contribution in [-0.4, -0.2) is 25.0 Å². The molecule has 1 aliphatic carbocycles. The lowest BCUT2D eigenvalue weighted by Gasteiger charge is -2.37. The zero-order chi connectivity index (χ0) is 12.3. The minimum atomic E-state index is 0.186. The molecule has 2 rings (SSSR count). The maximum Gasteiger partial charge on any atom is 0.223 e.